The van der Waals surface area contributed by atoms with Gasteiger partial charge < -0.3 is 10.1 Å². The van der Waals surface area contributed by atoms with E-state index in [0.717, 1.165) is 57.0 Å². The van der Waals surface area contributed by atoms with E-state index in [2.05, 4.69) is 10.2 Å². The number of hydrogen-bond acceptors (Lipinski definition) is 3. The molecule has 24 heavy (non-hydrogen) atoms. The molecule has 0 atom stereocenters. The van der Waals surface area contributed by atoms with Gasteiger partial charge in [0.15, 0.2) is 0 Å². The summed E-state index contributed by atoms with van der Waals surface area (Å²) in [6.07, 6.45) is 5.56. The van der Waals surface area contributed by atoms with E-state index in [1.807, 2.05) is 0 Å². The Kier molecular flexibility index (Phi) is 5.46. The van der Waals surface area contributed by atoms with Crippen LogP contribution in [0.3, 0.4) is 0 Å². The van der Waals surface area contributed by atoms with E-state index in [-0.39, 0.29) is 11.1 Å². The smallest absolute Gasteiger partial charge is 0.251 e. The minimum absolute atomic E-state index is 0.0282. The molecule has 132 valence electrons. The molecule has 6 heteroatoms. The van der Waals surface area contributed by atoms with Crippen molar-refractivity contribution in [2.75, 3.05) is 32.8 Å². The van der Waals surface area contributed by atoms with Crippen molar-refractivity contribution in [3.63, 3.8) is 0 Å². The zero-order chi connectivity index (χ0) is 17.0. The molecule has 0 radical (unpaired) electrons. The van der Waals surface area contributed by atoms with Gasteiger partial charge in [0.1, 0.15) is 11.6 Å². The van der Waals surface area contributed by atoms with Crippen molar-refractivity contribution in [1.29, 1.82) is 0 Å². The maximum atomic E-state index is 13.3. The average Bonchev–Trinajstić information content (AvgIpc) is 2.60. The summed E-state index contributed by atoms with van der Waals surface area (Å²) in [5, 5.41) is 2.91. The van der Waals surface area contributed by atoms with Crippen molar-refractivity contribution < 1.29 is 18.3 Å². The topological polar surface area (TPSA) is 41.6 Å². The molecule has 1 aromatic rings. The Labute approximate surface area is 141 Å². The maximum absolute atomic E-state index is 13.3. The van der Waals surface area contributed by atoms with E-state index in [1.54, 1.807) is 0 Å². The van der Waals surface area contributed by atoms with Crippen LogP contribution in [0.1, 0.15) is 42.5 Å². The first-order valence-electron chi connectivity index (χ1n) is 8.66. The van der Waals surface area contributed by atoms with E-state index in [4.69, 9.17) is 4.74 Å². The minimum Gasteiger partial charge on any atom is -0.379 e. The van der Waals surface area contributed by atoms with Crippen LogP contribution in [0.15, 0.2) is 18.2 Å². The highest BCUT2D eigenvalue weighted by Crippen LogP contribution is 2.34. The molecule has 1 saturated heterocycles. The van der Waals surface area contributed by atoms with E-state index >= 15 is 0 Å². The summed E-state index contributed by atoms with van der Waals surface area (Å²) in [6.45, 7) is 3.66. The largest absolute Gasteiger partial charge is 0.379 e. The minimum atomic E-state index is -0.735. The Morgan fingerprint density at radius 3 is 2.33 bits per heavy atom. The third kappa shape index (κ3) is 3.92. The molecule has 1 aliphatic heterocycles. The molecule has 3 rings (SSSR count). The first kappa shape index (κ1) is 17.3. The molecule has 2 fully saturated rings. The lowest BCUT2D eigenvalue weighted by molar-refractivity contribution is -0.0361. The molecule has 4 nitrogen and oxygen atoms in total. The van der Waals surface area contributed by atoms with Crippen molar-refractivity contribution in [3.05, 3.63) is 35.4 Å². The van der Waals surface area contributed by atoms with Crippen molar-refractivity contribution in [2.24, 2.45) is 0 Å². The summed E-state index contributed by atoms with van der Waals surface area (Å²) in [7, 11) is 0. The Bertz CT molecular complexity index is 562. The second-order valence-electron chi connectivity index (χ2n) is 6.73. The van der Waals surface area contributed by atoms with Crippen LogP contribution in [0.4, 0.5) is 8.78 Å². The zero-order valence-corrected chi connectivity index (χ0v) is 13.8. The number of rotatable bonds is 4. The molecule has 0 aromatic heterocycles. The zero-order valence-electron chi connectivity index (χ0n) is 13.8. The first-order valence-corrected chi connectivity index (χ1v) is 8.66. The van der Waals surface area contributed by atoms with Gasteiger partial charge in [0.2, 0.25) is 0 Å². The summed E-state index contributed by atoms with van der Waals surface area (Å²) < 4.78 is 32.1. The lowest BCUT2D eigenvalue weighted by Crippen LogP contribution is -2.59. The van der Waals surface area contributed by atoms with Crippen molar-refractivity contribution in [1.82, 2.24) is 10.2 Å². The second kappa shape index (κ2) is 7.57. The Hall–Kier alpha value is -1.53. The molecule has 1 N–H and O–H groups in total. The molecule has 0 bridgehead atoms. The molecule has 1 aromatic carbocycles. The van der Waals surface area contributed by atoms with Gasteiger partial charge in [-0.2, -0.15) is 0 Å². The predicted molar refractivity (Wildman–Crippen MR) is 86.9 cm³/mol. The fourth-order valence-electron chi connectivity index (χ4n) is 3.88. The van der Waals surface area contributed by atoms with Gasteiger partial charge in [-0.15, -0.1) is 0 Å². The SMILES string of the molecule is O=C(NCC1(N2CCOCC2)CCCCC1)c1cc(F)cc(F)c1. The van der Waals surface area contributed by atoms with Gasteiger partial charge in [0.05, 0.1) is 13.2 Å². The van der Waals surface area contributed by atoms with Crippen molar-refractivity contribution in [2.45, 2.75) is 37.6 Å². The van der Waals surface area contributed by atoms with Crippen molar-refractivity contribution >= 4 is 5.91 Å². The summed E-state index contributed by atoms with van der Waals surface area (Å²) in [4.78, 5) is 14.7. The van der Waals surface area contributed by atoms with Crippen LogP contribution < -0.4 is 5.32 Å². The number of amides is 1. The van der Waals surface area contributed by atoms with Gasteiger partial charge in [-0.3, -0.25) is 9.69 Å². The maximum Gasteiger partial charge on any atom is 0.251 e. The van der Waals surface area contributed by atoms with E-state index < -0.39 is 17.5 Å². The summed E-state index contributed by atoms with van der Waals surface area (Å²) in [5.74, 6) is -1.90. The van der Waals surface area contributed by atoms with Gasteiger partial charge in [0.25, 0.3) is 5.91 Å². The summed E-state index contributed by atoms with van der Waals surface area (Å²) in [5.41, 5.74) is -0.0377. The third-order valence-electron chi connectivity index (χ3n) is 5.17. The second-order valence-corrected chi connectivity index (χ2v) is 6.73. The molecule has 1 heterocycles. The number of hydrogen-bond donors (Lipinski definition) is 1. The van der Waals surface area contributed by atoms with E-state index in [9.17, 15) is 13.6 Å². The number of halogens is 2. The number of carbonyl (C=O) groups is 1. The first-order chi connectivity index (χ1) is 11.6. The van der Waals surface area contributed by atoms with Gasteiger partial charge in [0, 0.05) is 36.8 Å². The fourth-order valence-corrected chi connectivity index (χ4v) is 3.88. The molecule has 1 saturated carbocycles. The highest BCUT2D eigenvalue weighted by Gasteiger charge is 2.38. The Balaban J connectivity index is 1.69. The van der Waals surface area contributed by atoms with Crippen LogP contribution in [0.5, 0.6) is 0 Å². The number of nitrogens with one attached hydrogen (secondary N) is 1. The molecule has 1 amide bonds. The van der Waals surface area contributed by atoms with Gasteiger partial charge in [-0.05, 0) is 25.0 Å². The van der Waals surface area contributed by atoms with Crippen LogP contribution in [0.25, 0.3) is 0 Å². The highest BCUT2D eigenvalue weighted by molar-refractivity contribution is 5.94. The van der Waals surface area contributed by atoms with Crippen LogP contribution in [0.2, 0.25) is 0 Å². The summed E-state index contributed by atoms with van der Waals surface area (Å²) in [6, 6.07) is 2.91. The van der Waals surface area contributed by atoms with Crippen LogP contribution in [-0.2, 0) is 4.74 Å². The molecule has 1 aliphatic carbocycles. The number of carbonyl (C=O) groups excluding carboxylic acids is 1. The molecule has 0 spiro atoms. The van der Waals surface area contributed by atoms with Crippen molar-refractivity contribution in [3.8, 4) is 0 Å². The number of nitrogens with zero attached hydrogens (tertiary/aromatic N) is 1. The number of morpholine rings is 1. The predicted octanol–water partition coefficient (Wildman–Crippen LogP) is 2.73. The van der Waals surface area contributed by atoms with Gasteiger partial charge in [-0.1, -0.05) is 19.3 Å². The van der Waals surface area contributed by atoms with Crippen LogP contribution in [0, 0.1) is 11.6 Å². The lowest BCUT2D eigenvalue weighted by Gasteiger charge is -2.48. The highest BCUT2D eigenvalue weighted by atomic mass is 19.1. The third-order valence-corrected chi connectivity index (χ3v) is 5.17. The number of ether oxygens (including phenoxy) is 1. The standard InChI is InChI=1S/C18H24F2N2O2/c19-15-10-14(11-16(20)12-15)17(23)21-13-18(4-2-1-3-5-18)22-6-8-24-9-7-22/h10-12H,1-9,13H2,(H,21,23). The normalized spacial score (nSPS) is 21.4. The summed E-state index contributed by atoms with van der Waals surface area (Å²) >= 11 is 0. The lowest BCUT2D eigenvalue weighted by atomic mass is 9.79. The molecule has 0 unspecified atom stereocenters. The Morgan fingerprint density at radius 2 is 1.71 bits per heavy atom. The Morgan fingerprint density at radius 1 is 1.08 bits per heavy atom. The van der Waals surface area contributed by atoms with Gasteiger partial charge in [-0.25, -0.2) is 8.78 Å². The molecular weight excluding hydrogens is 314 g/mol. The van der Waals surface area contributed by atoms with Crippen LogP contribution in [-0.4, -0.2) is 49.2 Å². The van der Waals surface area contributed by atoms with Crippen LogP contribution >= 0.6 is 0 Å². The quantitative estimate of drug-likeness (QED) is 0.918. The average molecular weight is 338 g/mol. The monoisotopic (exact) mass is 338 g/mol. The van der Waals surface area contributed by atoms with Gasteiger partial charge >= 0.3 is 0 Å². The fraction of sp³-hybridized carbons (Fsp3) is 0.611. The number of benzene rings is 1. The van der Waals surface area contributed by atoms with E-state index in [1.165, 1.54) is 6.42 Å². The molecule has 2 aliphatic rings. The van der Waals surface area contributed by atoms with E-state index in [0.29, 0.717) is 19.8 Å². The molecular formula is C18H24F2N2O2.